The number of rotatable bonds is 4. The van der Waals surface area contributed by atoms with Gasteiger partial charge in [-0.1, -0.05) is 0 Å². The smallest absolute Gasteiger partial charge is 0.304 e. The van der Waals surface area contributed by atoms with Crippen LogP contribution in [0.3, 0.4) is 0 Å². The maximum absolute atomic E-state index is 12.3. The molecule has 4 nitrogen and oxygen atoms in total. The zero-order valence-corrected chi connectivity index (χ0v) is 6.90. The number of alkyl halides is 3. The monoisotopic (exact) mass is 208 g/mol. The SMILES string of the molecule is OCc1cnc(OC(F)C(F)F)cn1. The predicted octanol–water partition coefficient (Wildman–Crippen LogP) is 0.908. The Morgan fingerprint density at radius 2 is 2.00 bits per heavy atom. The highest BCUT2D eigenvalue weighted by Gasteiger charge is 2.21. The first-order valence-electron chi connectivity index (χ1n) is 3.64. The Kier molecular flexibility index (Phi) is 3.63. The molecule has 78 valence electrons. The number of halogens is 3. The fraction of sp³-hybridized carbons (Fsp3) is 0.429. The molecule has 0 aliphatic heterocycles. The summed E-state index contributed by atoms with van der Waals surface area (Å²) in [5.41, 5.74) is 0.241. The van der Waals surface area contributed by atoms with Gasteiger partial charge in [-0.15, -0.1) is 0 Å². The van der Waals surface area contributed by atoms with Gasteiger partial charge in [0.15, 0.2) is 0 Å². The zero-order valence-electron chi connectivity index (χ0n) is 6.90. The standard InChI is InChI=1S/C7H7F3N2O2/c8-6(9)7(10)14-5-2-11-4(3-13)1-12-5/h1-2,6-7,13H,3H2. The second kappa shape index (κ2) is 4.75. The molecular formula is C7H7F3N2O2. The van der Waals surface area contributed by atoms with Crippen LogP contribution in [0.2, 0.25) is 0 Å². The second-order valence-corrected chi connectivity index (χ2v) is 2.31. The molecule has 0 saturated heterocycles. The minimum atomic E-state index is -3.23. The average molecular weight is 208 g/mol. The lowest BCUT2D eigenvalue weighted by Crippen LogP contribution is -2.20. The summed E-state index contributed by atoms with van der Waals surface area (Å²) in [6.07, 6.45) is -3.88. The molecule has 1 aromatic heterocycles. The Labute approximate surface area is 77.4 Å². The van der Waals surface area contributed by atoms with E-state index >= 15 is 0 Å². The van der Waals surface area contributed by atoms with Crippen LogP contribution in [-0.4, -0.2) is 27.9 Å². The quantitative estimate of drug-likeness (QED) is 0.798. The predicted molar refractivity (Wildman–Crippen MR) is 39.5 cm³/mol. The largest absolute Gasteiger partial charge is 0.436 e. The van der Waals surface area contributed by atoms with Gasteiger partial charge in [0, 0.05) is 0 Å². The Balaban J connectivity index is 2.59. The molecule has 1 unspecified atom stereocenters. The molecular weight excluding hydrogens is 201 g/mol. The van der Waals surface area contributed by atoms with Crippen LogP contribution >= 0.6 is 0 Å². The summed E-state index contributed by atoms with van der Waals surface area (Å²) in [7, 11) is 0. The first-order valence-corrected chi connectivity index (χ1v) is 3.64. The second-order valence-electron chi connectivity index (χ2n) is 2.31. The molecule has 0 aromatic carbocycles. The molecule has 0 saturated carbocycles. The third-order valence-electron chi connectivity index (χ3n) is 1.28. The van der Waals surface area contributed by atoms with Crippen molar-refractivity contribution in [3.63, 3.8) is 0 Å². The average Bonchev–Trinajstić information content (AvgIpc) is 2.19. The van der Waals surface area contributed by atoms with Crippen LogP contribution in [0, 0.1) is 0 Å². The summed E-state index contributed by atoms with van der Waals surface area (Å²) in [6, 6.07) is 0. The van der Waals surface area contributed by atoms with E-state index in [1.807, 2.05) is 0 Å². The van der Waals surface area contributed by atoms with Crippen LogP contribution in [-0.2, 0) is 6.61 Å². The lowest BCUT2D eigenvalue weighted by molar-refractivity contribution is -0.0692. The zero-order chi connectivity index (χ0) is 10.6. The summed E-state index contributed by atoms with van der Waals surface area (Å²) in [5.74, 6) is -0.352. The molecule has 0 spiro atoms. The number of hydrogen-bond acceptors (Lipinski definition) is 4. The van der Waals surface area contributed by atoms with Gasteiger partial charge in [-0.3, -0.25) is 4.98 Å². The number of nitrogens with zero attached hydrogens (tertiary/aromatic N) is 2. The van der Waals surface area contributed by atoms with E-state index in [0.29, 0.717) is 0 Å². The van der Waals surface area contributed by atoms with E-state index in [2.05, 4.69) is 14.7 Å². The summed E-state index contributed by atoms with van der Waals surface area (Å²) >= 11 is 0. The molecule has 1 N–H and O–H groups in total. The first-order chi connectivity index (χ1) is 6.63. The van der Waals surface area contributed by atoms with Gasteiger partial charge in [-0.25, -0.2) is 13.8 Å². The Morgan fingerprint density at radius 1 is 1.29 bits per heavy atom. The normalized spacial score (nSPS) is 12.9. The minimum absolute atomic E-state index is 0.241. The molecule has 0 aliphatic rings. The molecule has 1 atom stereocenters. The van der Waals surface area contributed by atoms with Crippen molar-refractivity contribution < 1.29 is 23.0 Å². The number of ether oxygens (including phenoxy) is 1. The van der Waals surface area contributed by atoms with Crippen LogP contribution in [0.15, 0.2) is 12.4 Å². The van der Waals surface area contributed by atoms with E-state index in [0.717, 1.165) is 12.4 Å². The van der Waals surface area contributed by atoms with Gasteiger partial charge in [-0.2, -0.15) is 4.39 Å². The molecule has 1 heterocycles. The highest BCUT2D eigenvalue weighted by Crippen LogP contribution is 2.12. The molecule has 0 amide bonds. The van der Waals surface area contributed by atoms with E-state index < -0.39 is 12.8 Å². The highest BCUT2D eigenvalue weighted by molar-refractivity contribution is 5.06. The molecule has 0 fully saturated rings. The number of aromatic nitrogens is 2. The van der Waals surface area contributed by atoms with E-state index in [1.165, 1.54) is 0 Å². The van der Waals surface area contributed by atoms with Gasteiger partial charge in [0.05, 0.1) is 24.7 Å². The van der Waals surface area contributed by atoms with E-state index in [4.69, 9.17) is 5.11 Å². The number of aliphatic hydroxyl groups is 1. The van der Waals surface area contributed by atoms with Crippen LogP contribution in [0.5, 0.6) is 5.88 Å². The molecule has 0 radical (unpaired) electrons. The van der Waals surface area contributed by atoms with Crippen molar-refractivity contribution in [2.45, 2.75) is 19.4 Å². The Bertz CT molecular complexity index is 281. The maximum Gasteiger partial charge on any atom is 0.304 e. The van der Waals surface area contributed by atoms with E-state index in [9.17, 15) is 13.2 Å². The molecule has 1 rings (SSSR count). The highest BCUT2D eigenvalue weighted by atomic mass is 19.3. The Hall–Kier alpha value is -1.37. The molecule has 1 aromatic rings. The topological polar surface area (TPSA) is 55.2 Å². The lowest BCUT2D eigenvalue weighted by Gasteiger charge is -2.08. The molecule has 0 bridgehead atoms. The summed E-state index contributed by atoms with van der Waals surface area (Å²) in [5, 5.41) is 8.56. The van der Waals surface area contributed by atoms with Crippen molar-refractivity contribution in [3.05, 3.63) is 18.1 Å². The Morgan fingerprint density at radius 3 is 2.43 bits per heavy atom. The van der Waals surface area contributed by atoms with Crippen molar-refractivity contribution in [3.8, 4) is 5.88 Å². The van der Waals surface area contributed by atoms with Gasteiger partial charge in [0.2, 0.25) is 5.88 Å². The number of aliphatic hydroxyl groups excluding tert-OH is 1. The van der Waals surface area contributed by atoms with Crippen LogP contribution in [0.1, 0.15) is 5.69 Å². The van der Waals surface area contributed by atoms with Gasteiger partial charge in [0.1, 0.15) is 0 Å². The number of hydrogen-bond donors (Lipinski definition) is 1. The third-order valence-corrected chi connectivity index (χ3v) is 1.28. The van der Waals surface area contributed by atoms with E-state index in [1.54, 1.807) is 0 Å². The van der Waals surface area contributed by atoms with Crippen LogP contribution in [0.25, 0.3) is 0 Å². The van der Waals surface area contributed by atoms with Crippen molar-refractivity contribution in [2.75, 3.05) is 0 Å². The van der Waals surface area contributed by atoms with Gasteiger partial charge >= 0.3 is 6.43 Å². The third kappa shape index (κ3) is 2.84. The van der Waals surface area contributed by atoms with Crippen molar-refractivity contribution >= 4 is 0 Å². The van der Waals surface area contributed by atoms with Gasteiger partial charge in [0.25, 0.3) is 6.36 Å². The summed E-state index contributed by atoms with van der Waals surface area (Å²) in [6.45, 7) is -0.332. The fourth-order valence-electron chi connectivity index (χ4n) is 0.652. The van der Waals surface area contributed by atoms with Gasteiger partial charge in [-0.05, 0) is 0 Å². The van der Waals surface area contributed by atoms with E-state index in [-0.39, 0.29) is 18.2 Å². The minimum Gasteiger partial charge on any atom is -0.436 e. The molecule has 0 aliphatic carbocycles. The van der Waals surface area contributed by atoms with Crippen molar-refractivity contribution in [2.24, 2.45) is 0 Å². The molecule has 14 heavy (non-hydrogen) atoms. The maximum atomic E-state index is 12.3. The lowest BCUT2D eigenvalue weighted by atomic mass is 10.5. The summed E-state index contributed by atoms with van der Waals surface area (Å²) in [4.78, 5) is 7.01. The molecule has 7 heteroatoms. The van der Waals surface area contributed by atoms with Gasteiger partial charge < -0.3 is 9.84 Å². The summed E-state index contributed by atoms with van der Waals surface area (Å²) < 4.78 is 39.8. The first kappa shape index (κ1) is 10.7. The van der Waals surface area contributed by atoms with Crippen LogP contribution < -0.4 is 4.74 Å². The van der Waals surface area contributed by atoms with Crippen LogP contribution in [0.4, 0.5) is 13.2 Å². The fourth-order valence-corrected chi connectivity index (χ4v) is 0.652. The van der Waals surface area contributed by atoms with Crippen molar-refractivity contribution in [1.29, 1.82) is 0 Å². The van der Waals surface area contributed by atoms with Crippen molar-refractivity contribution in [1.82, 2.24) is 9.97 Å².